The number of aryl methyl sites for hydroxylation is 1. The zero-order valence-electron chi connectivity index (χ0n) is 11.5. The molecule has 2 aromatic carbocycles. The van der Waals surface area contributed by atoms with Gasteiger partial charge in [0.1, 0.15) is 22.5 Å². The highest BCUT2D eigenvalue weighted by Gasteiger charge is 2.11. The largest absolute Gasteiger partial charge is 0.505 e. The zero-order valence-corrected chi connectivity index (χ0v) is 11.5. The summed E-state index contributed by atoms with van der Waals surface area (Å²) in [4.78, 5) is 1.51. The summed E-state index contributed by atoms with van der Waals surface area (Å²) in [5.74, 6) is 0.279. The van der Waals surface area contributed by atoms with Crippen molar-refractivity contribution in [2.24, 2.45) is 0 Å². The molecule has 0 atom stereocenters. The molecule has 102 valence electrons. The summed E-state index contributed by atoms with van der Waals surface area (Å²) in [6.45, 7) is 2.14. The summed E-state index contributed by atoms with van der Waals surface area (Å²) in [5, 5.41) is 19.2. The summed E-state index contributed by atoms with van der Waals surface area (Å²) in [7, 11) is 0. The minimum atomic E-state index is 0.279. The monoisotopic (exact) mass is 267 g/mol. The Morgan fingerprint density at radius 3 is 2.35 bits per heavy atom. The molecule has 0 aliphatic heterocycles. The maximum atomic E-state index is 10.4. The van der Waals surface area contributed by atoms with E-state index in [-0.39, 0.29) is 5.75 Å². The van der Waals surface area contributed by atoms with Gasteiger partial charge < -0.3 is 5.11 Å². The van der Waals surface area contributed by atoms with Crippen LogP contribution in [0.3, 0.4) is 0 Å². The predicted molar refractivity (Wildman–Crippen MR) is 79.1 cm³/mol. The molecule has 1 N–H and O–H groups in total. The van der Waals surface area contributed by atoms with Gasteiger partial charge in [-0.2, -0.15) is 0 Å². The van der Waals surface area contributed by atoms with Gasteiger partial charge in [0.05, 0.1) is 0 Å². The third kappa shape index (κ3) is 2.25. The maximum absolute atomic E-state index is 10.4. The fourth-order valence-corrected chi connectivity index (χ4v) is 2.28. The van der Waals surface area contributed by atoms with E-state index in [0.29, 0.717) is 5.69 Å². The van der Waals surface area contributed by atoms with Gasteiger partial charge in [-0.25, -0.2) is 0 Å². The molecule has 0 saturated carbocycles. The SMILES string of the molecule is CCCCc1cccc(-n2nc3ccccc3n2)c1O. The number of phenolic OH excluding ortho intramolecular Hbond substituents is 1. The zero-order chi connectivity index (χ0) is 13.9. The van der Waals surface area contributed by atoms with E-state index in [1.807, 2.05) is 42.5 Å². The van der Waals surface area contributed by atoms with Crippen molar-refractivity contribution in [3.8, 4) is 11.4 Å². The Morgan fingerprint density at radius 2 is 1.70 bits per heavy atom. The van der Waals surface area contributed by atoms with Gasteiger partial charge in [0.2, 0.25) is 0 Å². The first-order valence-electron chi connectivity index (χ1n) is 6.93. The van der Waals surface area contributed by atoms with Gasteiger partial charge in [-0.15, -0.1) is 15.0 Å². The molecule has 0 radical (unpaired) electrons. The lowest BCUT2D eigenvalue weighted by molar-refractivity contribution is 0.459. The molecular formula is C16H17N3O. The molecule has 0 unspecified atom stereocenters. The Morgan fingerprint density at radius 1 is 1.00 bits per heavy atom. The van der Waals surface area contributed by atoms with Crippen molar-refractivity contribution >= 4 is 11.0 Å². The van der Waals surface area contributed by atoms with Gasteiger partial charge in [0.15, 0.2) is 0 Å². The van der Waals surface area contributed by atoms with E-state index in [0.717, 1.165) is 35.9 Å². The van der Waals surface area contributed by atoms with Crippen LogP contribution in [0.5, 0.6) is 5.75 Å². The van der Waals surface area contributed by atoms with Crippen LogP contribution in [-0.4, -0.2) is 20.1 Å². The molecule has 1 aromatic heterocycles. The number of para-hydroxylation sites is 1. The Kier molecular flexibility index (Phi) is 3.37. The quantitative estimate of drug-likeness (QED) is 0.787. The number of phenols is 1. The smallest absolute Gasteiger partial charge is 0.146 e. The molecule has 4 nitrogen and oxygen atoms in total. The van der Waals surface area contributed by atoms with E-state index in [1.165, 1.54) is 4.80 Å². The molecule has 0 aliphatic carbocycles. The van der Waals surface area contributed by atoms with Gasteiger partial charge in [0, 0.05) is 0 Å². The Labute approximate surface area is 117 Å². The number of hydrogen-bond donors (Lipinski definition) is 1. The molecule has 0 aliphatic rings. The molecule has 3 aromatic rings. The van der Waals surface area contributed by atoms with Crippen LogP contribution in [0.25, 0.3) is 16.7 Å². The average molecular weight is 267 g/mol. The molecular weight excluding hydrogens is 250 g/mol. The van der Waals surface area contributed by atoms with Crippen molar-refractivity contribution in [3.63, 3.8) is 0 Å². The highest BCUT2D eigenvalue weighted by atomic mass is 16.3. The van der Waals surface area contributed by atoms with Crippen molar-refractivity contribution in [2.75, 3.05) is 0 Å². The topological polar surface area (TPSA) is 50.9 Å². The maximum Gasteiger partial charge on any atom is 0.146 e. The first-order valence-corrected chi connectivity index (χ1v) is 6.93. The molecule has 20 heavy (non-hydrogen) atoms. The second kappa shape index (κ2) is 5.33. The molecule has 0 fully saturated rings. The number of unbranched alkanes of at least 4 members (excludes halogenated alkanes) is 1. The van der Waals surface area contributed by atoms with Crippen molar-refractivity contribution < 1.29 is 5.11 Å². The highest BCUT2D eigenvalue weighted by Crippen LogP contribution is 2.27. The molecule has 0 bridgehead atoms. The molecule has 1 heterocycles. The fraction of sp³-hybridized carbons (Fsp3) is 0.250. The first kappa shape index (κ1) is 12.7. The second-order valence-corrected chi connectivity index (χ2v) is 4.87. The van der Waals surface area contributed by atoms with Crippen molar-refractivity contribution in [2.45, 2.75) is 26.2 Å². The summed E-state index contributed by atoms with van der Waals surface area (Å²) in [6, 6.07) is 13.4. The number of hydrogen-bond acceptors (Lipinski definition) is 3. The van der Waals surface area contributed by atoms with Crippen LogP contribution in [0.1, 0.15) is 25.3 Å². The van der Waals surface area contributed by atoms with Crippen LogP contribution in [0.2, 0.25) is 0 Å². The minimum absolute atomic E-state index is 0.279. The molecule has 0 amide bonds. The first-order chi connectivity index (χ1) is 9.79. The van der Waals surface area contributed by atoms with Crippen molar-refractivity contribution in [1.29, 1.82) is 0 Å². The Bertz CT molecular complexity index is 700. The number of aromatic nitrogens is 3. The second-order valence-electron chi connectivity index (χ2n) is 4.87. The number of rotatable bonds is 4. The van der Waals surface area contributed by atoms with Crippen molar-refractivity contribution in [3.05, 3.63) is 48.0 Å². The summed E-state index contributed by atoms with van der Waals surface area (Å²) < 4.78 is 0. The van der Waals surface area contributed by atoms with Crippen LogP contribution < -0.4 is 0 Å². The lowest BCUT2D eigenvalue weighted by Gasteiger charge is -2.08. The molecule has 0 spiro atoms. The Hall–Kier alpha value is -2.36. The number of nitrogens with zero attached hydrogens (tertiary/aromatic N) is 3. The molecule has 3 rings (SSSR count). The van der Waals surface area contributed by atoms with Gasteiger partial charge in [-0.3, -0.25) is 0 Å². The van der Waals surface area contributed by atoms with E-state index in [4.69, 9.17) is 0 Å². The highest BCUT2D eigenvalue weighted by molar-refractivity contribution is 5.73. The van der Waals surface area contributed by atoms with Crippen LogP contribution in [0.4, 0.5) is 0 Å². The van der Waals surface area contributed by atoms with E-state index < -0.39 is 0 Å². The van der Waals surface area contributed by atoms with Crippen LogP contribution in [0, 0.1) is 0 Å². The van der Waals surface area contributed by atoms with Crippen LogP contribution >= 0.6 is 0 Å². The van der Waals surface area contributed by atoms with Crippen LogP contribution in [0.15, 0.2) is 42.5 Å². The van der Waals surface area contributed by atoms with Crippen molar-refractivity contribution in [1.82, 2.24) is 15.0 Å². The van der Waals surface area contributed by atoms with Crippen LogP contribution in [-0.2, 0) is 6.42 Å². The van der Waals surface area contributed by atoms with Gasteiger partial charge in [0.25, 0.3) is 0 Å². The number of fused-ring (bicyclic) bond motifs is 1. The third-order valence-electron chi connectivity index (χ3n) is 3.40. The summed E-state index contributed by atoms with van der Waals surface area (Å²) >= 11 is 0. The number of benzene rings is 2. The molecule has 4 heteroatoms. The predicted octanol–water partition coefficient (Wildman–Crippen LogP) is 3.47. The Balaban J connectivity index is 2.04. The third-order valence-corrected chi connectivity index (χ3v) is 3.40. The lowest BCUT2D eigenvalue weighted by Crippen LogP contribution is -2.00. The number of aromatic hydroxyl groups is 1. The van der Waals surface area contributed by atoms with Gasteiger partial charge in [-0.1, -0.05) is 37.6 Å². The average Bonchev–Trinajstić information content (AvgIpc) is 2.90. The van der Waals surface area contributed by atoms with E-state index in [9.17, 15) is 5.11 Å². The minimum Gasteiger partial charge on any atom is -0.505 e. The van der Waals surface area contributed by atoms with E-state index >= 15 is 0 Å². The standard InChI is InChI=1S/C16H17N3O/c1-2-3-7-12-8-6-11-15(16(12)20)19-17-13-9-4-5-10-14(13)18-19/h4-6,8-11,20H,2-3,7H2,1H3. The van der Waals surface area contributed by atoms with Gasteiger partial charge in [-0.05, 0) is 36.6 Å². The normalized spacial score (nSPS) is 11.1. The fourth-order valence-electron chi connectivity index (χ4n) is 2.28. The van der Waals surface area contributed by atoms with Gasteiger partial charge >= 0.3 is 0 Å². The van der Waals surface area contributed by atoms with E-state index in [1.54, 1.807) is 0 Å². The molecule has 0 saturated heterocycles. The summed E-state index contributed by atoms with van der Waals surface area (Å²) in [6.07, 6.45) is 3.04. The summed E-state index contributed by atoms with van der Waals surface area (Å²) in [5.41, 5.74) is 3.23. The van der Waals surface area contributed by atoms with E-state index in [2.05, 4.69) is 17.1 Å². The lowest BCUT2D eigenvalue weighted by atomic mass is 10.1.